The van der Waals surface area contributed by atoms with Gasteiger partial charge in [-0.15, -0.1) is 0 Å². The van der Waals surface area contributed by atoms with Gasteiger partial charge in [-0.3, -0.25) is 4.79 Å². The van der Waals surface area contributed by atoms with Gasteiger partial charge in [0.05, 0.1) is 21.4 Å². The number of phenols is 2. The molecule has 0 radical (unpaired) electrons. The second-order valence-corrected chi connectivity index (χ2v) is 15.0. The molecular formula is C42H35Cl2N3O7S2. The monoisotopic (exact) mass is 827 g/mol. The molecule has 6 aromatic carbocycles. The standard InChI is InChI=1S/C22H20N2O4S.C20H15Cl2NO3S/c1-14(25)24-16-9-11-17(12-10-16)29-20-8-3-2-5-15(20)13-23-19-7-4-6-18(21(19)26)22(27)28;21-15-9-8-13(10-16(15)22)27-18-7-2-1-4-12(18)11-23-17-6-3-5-14(19(17)24)20(25)26/h2-12,23,26H,13H2,1H3,(H,24,25)(H,27,28);1-10,23-24H,11H2,(H,25,26). The van der Waals surface area contributed by atoms with Gasteiger partial charge in [0, 0.05) is 45.3 Å². The van der Waals surface area contributed by atoms with Crippen LogP contribution in [0, 0.1) is 0 Å². The van der Waals surface area contributed by atoms with Crippen molar-refractivity contribution in [1.29, 1.82) is 0 Å². The van der Waals surface area contributed by atoms with Crippen molar-refractivity contribution in [2.24, 2.45) is 0 Å². The smallest absolute Gasteiger partial charge is 0.339 e. The van der Waals surface area contributed by atoms with Gasteiger partial charge in [-0.2, -0.15) is 0 Å². The molecule has 10 nitrogen and oxygen atoms in total. The number of hydrogen-bond donors (Lipinski definition) is 7. The van der Waals surface area contributed by atoms with Crippen LogP contribution in [0.1, 0.15) is 38.8 Å². The van der Waals surface area contributed by atoms with Crippen molar-refractivity contribution >= 4 is 81.6 Å². The van der Waals surface area contributed by atoms with Crippen LogP contribution in [-0.2, 0) is 17.9 Å². The second-order valence-electron chi connectivity index (χ2n) is 11.9. The minimum atomic E-state index is -1.18. The molecule has 0 heterocycles. The first-order chi connectivity index (χ1) is 26.9. The fourth-order valence-corrected chi connectivity index (χ4v) is 7.49. The number of hydrogen-bond acceptors (Lipinski definition) is 9. The topological polar surface area (TPSA) is 168 Å². The molecule has 0 aliphatic carbocycles. The second kappa shape index (κ2) is 19.7. The largest absolute Gasteiger partial charge is 0.505 e. The molecule has 0 aliphatic heterocycles. The highest BCUT2D eigenvalue weighted by Gasteiger charge is 2.15. The summed E-state index contributed by atoms with van der Waals surface area (Å²) in [5.41, 5.74) is 3.19. The highest BCUT2D eigenvalue weighted by Crippen LogP contribution is 2.36. The van der Waals surface area contributed by atoms with Gasteiger partial charge >= 0.3 is 11.9 Å². The van der Waals surface area contributed by atoms with Gasteiger partial charge in [0.25, 0.3) is 0 Å². The highest BCUT2D eigenvalue weighted by molar-refractivity contribution is 7.99. The van der Waals surface area contributed by atoms with Crippen LogP contribution in [0.25, 0.3) is 0 Å². The van der Waals surface area contributed by atoms with E-state index in [4.69, 9.17) is 33.4 Å². The van der Waals surface area contributed by atoms with Gasteiger partial charge in [0.2, 0.25) is 5.91 Å². The lowest BCUT2D eigenvalue weighted by Crippen LogP contribution is -2.05. The summed E-state index contributed by atoms with van der Waals surface area (Å²) in [6.45, 7) is 2.31. The Labute approximate surface area is 341 Å². The van der Waals surface area contributed by atoms with E-state index in [0.717, 1.165) is 36.4 Å². The summed E-state index contributed by atoms with van der Waals surface area (Å²) in [5, 5.41) is 48.5. The van der Waals surface area contributed by atoms with Gasteiger partial charge in [-0.05, 0) is 90.0 Å². The molecule has 0 fully saturated rings. The Morgan fingerprint density at radius 1 is 0.571 bits per heavy atom. The zero-order valence-corrected chi connectivity index (χ0v) is 32.8. The minimum Gasteiger partial charge on any atom is -0.505 e. The molecule has 0 unspecified atom stereocenters. The maximum absolute atomic E-state index is 11.2. The number of carboxylic acid groups (broad SMARTS) is 2. The first kappa shape index (κ1) is 41.4. The number of nitrogens with one attached hydrogen (secondary N) is 3. The minimum absolute atomic E-state index is 0.114. The average molecular weight is 829 g/mol. The summed E-state index contributed by atoms with van der Waals surface area (Å²) in [6.07, 6.45) is 0. The molecule has 0 bridgehead atoms. The van der Waals surface area contributed by atoms with Gasteiger partial charge in [0.1, 0.15) is 11.1 Å². The van der Waals surface area contributed by atoms with Crippen LogP contribution >= 0.6 is 46.7 Å². The molecule has 7 N–H and O–H groups in total. The van der Waals surface area contributed by atoms with Crippen molar-refractivity contribution in [3.63, 3.8) is 0 Å². The molecule has 6 rings (SSSR count). The molecule has 14 heteroatoms. The van der Waals surface area contributed by atoms with Crippen molar-refractivity contribution in [1.82, 2.24) is 0 Å². The van der Waals surface area contributed by atoms with E-state index in [1.165, 1.54) is 19.1 Å². The molecule has 0 saturated carbocycles. The van der Waals surface area contributed by atoms with E-state index in [9.17, 15) is 24.6 Å². The van der Waals surface area contributed by atoms with E-state index in [0.29, 0.717) is 34.5 Å². The summed E-state index contributed by atoms with van der Waals surface area (Å²) in [5.74, 6) is -3.02. The molecule has 6 aromatic rings. The SMILES string of the molecule is CC(=O)Nc1ccc(Sc2ccccc2CNc2cccc(C(=O)O)c2O)cc1.O=C(O)c1cccc(NCc2ccccc2Sc2ccc(Cl)c(Cl)c2)c1O. The lowest BCUT2D eigenvalue weighted by Gasteiger charge is -2.13. The summed E-state index contributed by atoms with van der Waals surface area (Å²) >= 11 is 15.2. The third kappa shape index (κ3) is 11.4. The number of rotatable bonds is 13. The van der Waals surface area contributed by atoms with Gasteiger partial charge in [-0.25, -0.2) is 9.59 Å². The Balaban J connectivity index is 0.000000215. The van der Waals surface area contributed by atoms with E-state index >= 15 is 0 Å². The Morgan fingerprint density at radius 3 is 1.50 bits per heavy atom. The van der Waals surface area contributed by atoms with Crippen LogP contribution < -0.4 is 16.0 Å². The lowest BCUT2D eigenvalue weighted by molar-refractivity contribution is -0.114. The third-order valence-corrected chi connectivity index (χ3v) is 10.9. The summed E-state index contributed by atoms with van der Waals surface area (Å²) in [4.78, 5) is 37.5. The number of halogens is 2. The molecule has 1 amide bonds. The molecule has 0 atom stereocenters. The van der Waals surface area contributed by atoms with Gasteiger partial charge in [0.15, 0.2) is 11.5 Å². The molecule has 0 saturated heterocycles. The van der Waals surface area contributed by atoms with Crippen LogP contribution in [0.3, 0.4) is 0 Å². The Morgan fingerprint density at radius 2 is 1.04 bits per heavy atom. The Bertz CT molecular complexity index is 2360. The van der Waals surface area contributed by atoms with E-state index in [-0.39, 0.29) is 28.5 Å². The predicted octanol–water partition coefficient (Wildman–Crippen LogP) is 11.0. The molecule has 286 valence electrons. The maximum atomic E-state index is 11.2. The number of carboxylic acids is 2. The molecule has 0 aromatic heterocycles. The number of benzene rings is 6. The molecule has 0 spiro atoms. The Kier molecular flexibility index (Phi) is 14.5. The number of anilines is 3. The van der Waals surface area contributed by atoms with E-state index in [2.05, 4.69) is 16.0 Å². The zero-order chi connectivity index (χ0) is 40.2. The van der Waals surface area contributed by atoms with Crippen molar-refractivity contribution in [3.05, 3.63) is 160 Å². The van der Waals surface area contributed by atoms with Crippen molar-refractivity contribution in [2.75, 3.05) is 16.0 Å². The first-order valence-electron chi connectivity index (χ1n) is 16.8. The van der Waals surface area contributed by atoms with Crippen molar-refractivity contribution < 1.29 is 34.8 Å². The number of aromatic carboxylic acids is 2. The number of para-hydroxylation sites is 2. The van der Waals surface area contributed by atoms with Crippen molar-refractivity contribution in [2.45, 2.75) is 39.6 Å². The molecule has 0 aliphatic rings. The van der Waals surface area contributed by atoms with Gasteiger partial charge in [-0.1, -0.05) is 95.3 Å². The molecular weight excluding hydrogens is 794 g/mol. The predicted molar refractivity (Wildman–Crippen MR) is 223 cm³/mol. The normalized spacial score (nSPS) is 10.5. The summed E-state index contributed by atoms with van der Waals surface area (Å²) in [7, 11) is 0. The summed E-state index contributed by atoms with van der Waals surface area (Å²) < 4.78 is 0. The van der Waals surface area contributed by atoms with E-state index in [1.54, 1.807) is 59.9 Å². The van der Waals surface area contributed by atoms with Crippen LogP contribution in [0.15, 0.2) is 147 Å². The number of amides is 1. The first-order valence-corrected chi connectivity index (χ1v) is 19.2. The summed E-state index contributed by atoms with van der Waals surface area (Å²) in [6, 6.07) is 37.8. The number of carbonyl (C=O) groups excluding carboxylic acids is 1. The van der Waals surface area contributed by atoms with E-state index < -0.39 is 11.9 Å². The third-order valence-electron chi connectivity index (χ3n) is 7.94. The maximum Gasteiger partial charge on any atom is 0.339 e. The molecule has 56 heavy (non-hydrogen) atoms. The van der Waals surface area contributed by atoms with Crippen LogP contribution in [0.2, 0.25) is 10.0 Å². The zero-order valence-electron chi connectivity index (χ0n) is 29.6. The van der Waals surface area contributed by atoms with E-state index in [1.807, 2.05) is 78.9 Å². The van der Waals surface area contributed by atoms with Crippen molar-refractivity contribution in [3.8, 4) is 11.5 Å². The fourth-order valence-electron chi connectivity index (χ4n) is 5.20. The van der Waals surface area contributed by atoms with Crippen LogP contribution in [0.4, 0.5) is 17.1 Å². The highest BCUT2D eigenvalue weighted by atomic mass is 35.5. The Hall–Kier alpha value is -5.79. The number of aromatic hydroxyl groups is 2. The van der Waals surface area contributed by atoms with Crippen LogP contribution in [-0.4, -0.2) is 38.3 Å². The quantitative estimate of drug-likeness (QED) is 0.0553. The fraction of sp³-hybridized carbons (Fsp3) is 0.0714. The average Bonchev–Trinajstić information content (AvgIpc) is 3.17. The van der Waals surface area contributed by atoms with Crippen LogP contribution in [0.5, 0.6) is 11.5 Å². The van der Waals surface area contributed by atoms with Gasteiger partial charge < -0.3 is 36.4 Å². The number of carbonyl (C=O) groups is 3. The lowest BCUT2D eigenvalue weighted by atomic mass is 10.1.